The van der Waals surface area contributed by atoms with Crippen LogP contribution in [-0.2, 0) is 0 Å². The van der Waals surface area contributed by atoms with Gasteiger partial charge in [-0.15, -0.1) is 0 Å². The summed E-state index contributed by atoms with van der Waals surface area (Å²) in [5.74, 6) is -0.0664. The first-order chi connectivity index (χ1) is 7.57. The lowest BCUT2D eigenvalue weighted by Crippen LogP contribution is -2.33. The van der Waals surface area contributed by atoms with E-state index in [1.54, 1.807) is 12.4 Å². The van der Waals surface area contributed by atoms with Crippen LogP contribution in [0.15, 0.2) is 18.7 Å². The van der Waals surface area contributed by atoms with Crippen LogP contribution in [0.25, 0.3) is 0 Å². The van der Waals surface area contributed by atoms with Crippen LogP contribution in [0.3, 0.4) is 0 Å². The number of nitrogens with zero attached hydrogens (tertiary/aromatic N) is 2. The Kier molecular flexibility index (Phi) is 2.90. The topological polar surface area (TPSA) is 54.9 Å². The average molecular weight is 219 g/mol. The van der Waals surface area contributed by atoms with Crippen molar-refractivity contribution in [3.63, 3.8) is 0 Å². The first-order valence-electron chi connectivity index (χ1n) is 5.63. The molecule has 86 valence electrons. The molecule has 2 rings (SSSR count). The van der Waals surface area contributed by atoms with Crippen LogP contribution in [-0.4, -0.2) is 21.9 Å². The van der Waals surface area contributed by atoms with Crippen molar-refractivity contribution < 1.29 is 4.79 Å². The minimum atomic E-state index is -0.0664. The minimum Gasteiger partial charge on any atom is -0.349 e. The molecule has 0 aliphatic heterocycles. The third kappa shape index (κ3) is 2.56. The van der Waals surface area contributed by atoms with E-state index in [9.17, 15) is 4.79 Å². The third-order valence-electron chi connectivity index (χ3n) is 3.13. The lowest BCUT2D eigenvalue weighted by atomic mass is 9.92. The summed E-state index contributed by atoms with van der Waals surface area (Å²) in [5.41, 5.74) is 0.887. The minimum absolute atomic E-state index is 0.0664. The Morgan fingerprint density at radius 1 is 1.44 bits per heavy atom. The smallest absolute Gasteiger partial charge is 0.254 e. The first-order valence-corrected chi connectivity index (χ1v) is 5.63. The standard InChI is InChI=1S/C12H17N3O/c1-12(2)4-3-10(5-12)15-11(16)9-6-13-8-14-7-9/h6-8,10H,3-5H2,1-2H3,(H,15,16). The van der Waals surface area contributed by atoms with Gasteiger partial charge >= 0.3 is 0 Å². The monoisotopic (exact) mass is 219 g/mol. The number of hydrogen-bond donors (Lipinski definition) is 1. The number of hydrogen-bond acceptors (Lipinski definition) is 3. The number of rotatable bonds is 2. The molecule has 1 N–H and O–H groups in total. The van der Waals surface area contributed by atoms with Gasteiger partial charge in [0.2, 0.25) is 0 Å². The molecule has 0 radical (unpaired) electrons. The number of amides is 1. The van der Waals surface area contributed by atoms with E-state index in [1.165, 1.54) is 12.7 Å². The second kappa shape index (κ2) is 4.20. The molecule has 1 unspecified atom stereocenters. The number of aromatic nitrogens is 2. The van der Waals surface area contributed by atoms with Crippen molar-refractivity contribution in [2.24, 2.45) is 5.41 Å². The quantitative estimate of drug-likeness (QED) is 0.825. The first kappa shape index (κ1) is 11.0. The maximum Gasteiger partial charge on any atom is 0.254 e. The molecule has 16 heavy (non-hydrogen) atoms. The van der Waals surface area contributed by atoms with Gasteiger partial charge in [0, 0.05) is 18.4 Å². The van der Waals surface area contributed by atoms with Crippen LogP contribution >= 0.6 is 0 Å². The second-order valence-corrected chi connectivity index (χ2v) is 5.20. The molecule has 1 aromatic rings. The highest BCUT2D eigenvalue weighted by Crippen LogP contribution is 2.36. The Hall–Kier alpha value is -1.45. The summed E-state index contributed by atoms with van der Waals surface area (Å²) in [6.45, 7) is 4.48. The fraction of sp³-hybridized carbons (Fsp3) is 0.583. The van der Waals surface area contributed by atoms with Gasteiger partial charge in [0.15, 0.2) is 0 Å². The normalized spacial score (nSPS) is 23.0. The molecule has 0 bridgehead atoms. The van der Waals surface area contributed by atoms with E-state index in [1.807, 2.05) is 0 Å². The van der Waals surface area contributed by atoms with Crippen molar-refractivity contribution in [3.8, 4) is 0 Å². The molecule has 1 aliphatic rings. The van der Waals surface area contributed by atoms with Crippen LogP contribution in [0, 0.1) is 5.41 Å². The molecule has 0 aromatic carbocycles. The molecule has 4 heteroatoms. The Bertz CT molecular complexity index is 375. The van der Waals surface area contributed by atoms with Crippen molar-refractivity contribution in [3.05, 3.63) is 24.3 Å². The van der Waals surface area contributed by atoms with E-state index in [0.717, 1.165) is 12.8 Å². The van der Waals surface area contributed by atoms with Gasteiger partial charge < -0.3 is 5.32 Å². The molecule has 1 amide bonds. The average Bonchev–Trinajstić information content (AvgIpc) is 2.59. The number of carbonyl (C=O) groups excluding carboxylic acids is 1. The summed E-state index contributed by atoms with van der Waals surface area (Å²) in [6.07, 6.45) is 7.79. The van der Waals surface area contributed by atoms with Crippen molar-refractivity contribution in [1.29, 1.82) is 0 Å². The number of carbonyl (C=O) groups is 1. The van der Waals surface area contributed by atoms with E-state index in [0.29, 0.717) is 17.0 Å². The zero-order chi connectivity index (χ0) is 11.6. The lowest BCUT2D eigenvalue weighted by Gasteiger charge is -2.17. The van der Waals surface area contributed by atoms with E-state index < -0.39 is 0 Å². The Balaban J connectivity index is 1.94. The van der Waals surface area contributed by atoms with Gasteiger partial charge in [0.25, 0.3) is 5.91 Å². The predicted octanol–water partition coefficient (Wildman–Crippen LogP) is 1.79. The molecule has 1 heterocycles. The van der Waals surface area contributed by atoms with Gasteiger partial charge in [-0.3, -0.25) is 4.79 Å². The highest BCUT2D eigenvalue weighted by atomic mass is 16.1. The highest BCUT2D eigenvalue weighted by Gasteiger charge is 2.31. The van der Waals surface area contributed by atoms with Crippen LogP contribution < -0.4 is 5.32 Å². The zero-order valence-electron chi connectivity index (χ0n) is 9.73. The SMILES string of the molecule is CC1(C)CCC(NC(=O)c2cncnc2)C1. The fourth-order valence-corrected chi connectivity index (χ4v) is 2.24. The molecule has 1 aliphatic carbocycles. The molecule has 1 aromatic heterocycles. The summed E-state index contributed by atoms with van der Waals surface area (Å²) in [7, 11) is 0. The van der Waals surface area contributed by atoms with Crippen LogP contribution in [0.5, 0.6) is 0 Å². The fourth-order valence-electron chi connectivity index (χ4n) is 2.24. The molecule has 1 saturated carbocycles. The Morgan fingerprint density at radius 2 is 2.12 bits per heavy atom. The molecule has 1 fully saturated rings. The molecular weight excluding hydrogens is 202 g/mol. The van der Waals surface area contributed by atoms with Crippen molar-refractivity contribution in [2.75, 3.05) is 0 Å². The Morgan fingerprint density at radius 3 is 2.69 bits per heavy atom. The molecular formula is C12H17N3O. The second-order valence-electron chi connectivity index (χ2n) is 5.20. The van der Waals surface area contributed by atoms with Crippen LogP contribution in [0.1, 0.15) is 43.5 Å². The largest absolute Gasteiger partial charge is 0.349 e. The maximum atomic E-state index is 11.8. The van der Waals surface area contributed by atoms with Gasteiger partial charge in [-0.25, -0.2) is 9.97 Å². The third-order valence-corrected chi connectivity index (χ3v) is 3.13. The van der Waals surface area contributed by atoms with Crippen LogP contribution in [0.2, 0.25) is 0 Å². The summed E-state index contributed by atoms with van der Waals surface area (Å²) < 4.78 is 0. The lowest BCUT2D eigenvalue weighted by molar-refractivity contribution is 0.0935. The van der Waals surface area contributed by atoms with E-state index in [4.69, 9.17) is 0 Å². The molecule has 1 atom stereocenters. The summed E-state index contributed by atoms with van der Waals surface area (Å²) >= 11 is 0. The van der Waals surface area contributed by atoms with Gasteiger partial charge in [-0.05, 0) is 24.7 Å². The van der Waals surface area contributed by atoms with Gasteiger partial charge in [-0.1, -0.05) is 13.8 Å². The van der Waals surface area contributed by atoms with E-state index in [-0.39, 0.29) is 5.91 Å². The molecule has 4 nitrogen and oxygen atoms in total. The van der Waals surface area contributed by atoms with E-state index >= 15 is 0 Å². The summed E-state index contributed by atoms with van der Waals surface area (Å²) in [4.78, 5) is 19.5. The molecule has 0 spiro atoms. The van der Waals surface area contributed by atoms with E-state index in [2.05, 4.69) is 29.1 Å². The van der Waals surface area contributed by atoms with Crippen LogP contribution in [0.4, 0.5) is 0 Å². The highest BCUT2D eigenvalue weighted by molar-refractivity contribution is 5.93. The van der Waals surface area contributed by atoms with Gasteiger partial charge in [0.05, 0.1) is 5.56 Å². The van der Waals surface area contributed by atoms with Gasteiger partial charge in [-0.2, -0.15) is 0 Å². The summed E-state index contributed by atoms with van der Waals surface area (Å²) in [5, 5.41) is 3.03. The van der Waals surface area contributed by atoms with Gasteiger partial charge in [0.1, 0.15) is 6.33 Å². The Labute approximate surface area is 95.5 Å². The van der Waals surface area contributed by atoms with Crippen molar-refractivity contribution in [1.82, 2.24) is 15.3 Å². The maximum absolute atomic E-state index is 11.8. The van der Waals surface area contributed by atoms with Crippen molar-refractivity contribution in [2.45, 2.75) is 39.2 Å². The summed E-state index contributed by atoms with van der Waals surface area (Å²) in [6, 6.07) is 0.294. The zero-order valence-corrected chi connectivity index (χ0v) is 9.73. The predicted molar refractivity (Wildman–Crippen MR) is 60.9 cm³/mol. The molecule has 0 saturated heterocycles. The number of nitrogens with one attached hydrogen (secondary N) is 1. The van der Waals surface area contributed by atoms with Crippen molar-refractivity contribution >= 4 is 5.91 Å².